The topological polar surface area (TPSA) is 44.8 Å². The molecule has 2 rings (SSSR count). The van der Waals surface area contributed by atoms with Crippen molar-refractivity contribution in [2.75, 3.05) is 40.4 Å². The molecule has 1 aliphatic heterocycles. The van der Waals surface area contributed by atoms with Gasteiger partial charge in [-0.3, -0.25) is 0 Å². The average molecular weight is 340 g/mol. The molecule has 1 saturated heterocycles. The average Bonchev–Trinajstić information content (AvgIpc) is 3.05. The van der Waals surface area contributed by atoms with Crippen molar-refractivity contribution in [2.45, 2.75) is 32.4 Å². The highest BCUT2D eigenvalue weighted by Crippen LogP contribution is 2.20. The van der Waals surface area contributed by atoms with E-state index in [0.717, 1.165) is 25.9 Å². The minimum atomic E-state index is 0.0136. The number of carbonyl (C=O) groups is 1. The molecule has 1 atom stereocenters. The van der Waals surface area contributed by atoms with E-state index >= 15 is 0 Å². The van der Waals surface area contributed by atoms with Crippen LogP contribution < -0.4 is 5.32 Å². The molecule has 0 unspecified atom stereocenters. The van der Waals surface area contributed by atoms with Gasteiger partial charge in [0.2, 0.25) is 0 Å². The van der Waals surface area contributed by atoms with Gasteiger partial charge in [-0.2, -0.15) is 11.3 Å². The van der Waals surface area contributed by atoms with Crippen molar-refractivity contribution < 1.29 is 9.53 Å². The van der Waals surface area contributed by atoms with Gasteiger partial charge in [-0.15, -0.1) is 0 Å². The number of hydrogen-bond acceptors (Lipinski definition) is 4. The predicted octanol–water partition coefficient (Wildman–Crippen LogP) is 2.64. The Bertz CT molecular complexity index is 458. The maximum absolute atomic E-state index is 12.6. The van der Waals surface area contributed by atoms with Crippen molar-refractivity contribution in [1.82, 2.24) is 15.1 Å². The van der Waals surface area contributed by atoms with E-state index in [-0.39, 0.29) is 12.1 Å². The number of piperidine rings is 1. The summed E-state index contributed by atoms with van der Waals surface area (Å²) in [7, 11) is 3.83. The van der Waals surface area contributed by atoms with Crippen LogP contribution in [0.1, 0.15) is 25.3 Å². The Kier molecular flexibility index (Phi) is 7.33. The predicted molar refractivity (Wildman–Crippen MR) is 94.8 cm³/mol. The molecule has 2 heterocycles. The molecule has 1 fully saturated rings. The standard InChI is InChI=1S/C17H29N3O2S/c1-14(16-4-7-19(2)8-5-16)18-17(21)20(9-10-22-3)12-15-6-11-23-13-15/h6,11,13-14,16H,4-5,7-10,12H2,1-3H3,(H,18,21)/t14-/m0/s1. The molecule has 0 saturated carbocycles. The maximum Gasteiger partial charge on any atom is 0.317 e. The van der Waals surface area contributed by atoms with Crippen LogP contribution in [0.25, 0.3) is 0 Å². The van der Waals surface area contributed by atoms with Gasteiger partial charge in [0.05, 0.1) is 6.61 Å². The zero-order chi connectivity index (χ0) is 16.7. The summed E-state index contributed by atoms with van der Waals surface area (Å²) in [4.78, 5) is 16.8. The number of methoxy groups -OCH3 is 1. The molecule has 2 amide bonds. The molecule has 1 aromatic rings. The van der Waals surface area contributed by atoms with Gasteiger partial charge in [0.1, 0.15) is 0 Å². The Hall–Kier alpha value is -1.11. The molecule has 0 spiro atoms. The second-order valence-corrected chi connectivity index (χ2v) is 7.20. The third-order valence-electron chi connectivity index (χ3n) is 4.63. The van der Waals surface area contributed by atoms with Crippen molar-refractivity contribution in [3.05, 3.63) is 22.4 Å². The molecule has 6 heteroatoms. The number of nitrogens with zero attached hydrogens (tertiary/aromatic N) is 2. The van der Waals surface area contributed by atoms with Gasteiger partial charge in [-0.05, 0) is 68.2 Å². The van der Waals surface area contributed by atoms with Crippen molar-refractivity contribution in [3.63, 3.8) is 0 Å². The fourth-order valence-corrected chi connectivity index (χ4v) is 3.65. The van der Waals surface area contributed by atoms with Crippen molar-refractivity contribution in [3.8, 4) is 0 Å². The second kappa shape index (κ2) is 9.25. The zero-order valence-electron chi connectivity index (χ0n) is 14.5. The largest absolute Gasteiger partial charge is 0.383 e. The van der Waals surface area contributed by atoms with E-state index in [4.69, 9.17) is 4.74 Å². The highest BCUT2D eigenvalue weighted by Gasteiger charge is 2.25. The third-order valence-corrected chi connectivity index (χ3v) is 5.36. The van der Waals surface area contributed by atoms with Crippen LogP contribution in [0.5, 0.6) is 0 Å². The number of hydrogen-bond donors (Lipinski definition) is 1. The normalized spacial score (nSPS) is 17.9. The number of ether oxygens (including phenoxy) is 1. The van der Waals surface area contributed by atoms with E-state index in [0.29, 0.717) is 25.6 Å². The second-order valence-electron chi connectivity index (χ2n) is 6.42. The first-order chi connectivity index (χ1) is 11.1. The number of thiophene rings is 1. The number of likely N-dealkylation sites (tertiary alicyclic amines) is 1. The van der Waals surface area contributed by atoms with E-state index in [1.807, 2.05) is 10.3 Å². The molecular formula is C17H29N3O2S. The third kappa shape index (κ3) is 5.79. The Morgan fingerprint density at radius 2 is 2.26 bits per heavy atom. The number of urea groups is 1. The summed E-state index contributed by atoms with van der Waals surface area (Å²) in [6.45, 7) is 6.17. The van der Waals surface area contributed by atoms with Gasteiger partial charge in [0.25, 0.3) is 0 Å². The molecule has 0 radical (unpaired) electrons. The molecule has 130 valence electrons. The van der Waals surface area contributed by atoms with Crippen molar-refractivity contribution >= 4 is 17.4 Å². The lowest BCUT2D eigenvalue weighted by molar-refractivity contribution is 0.139. The molecule has 23 heavy (non-hydrogen) atoms. The Balaban J connectivity index is 1.88. The fraction of sp³-hybridized carbons (Fsp3) is 0.706. The lowest BCUT2D eigenvalue weighted by Gasteiger charge is -2.34. The minimum Gasteiger partial charge on any atom is -0.383 e. The first-order valence-electron chi connectivity index (χ1n) is 8.34. The number of nitrogens with one attached hydrogen (secondary N) is 1. The molecule has 1 N–H and O–H groups in total. The van der Waals surface area contributed by atoms with E-state index in [9.17, 15) is 4.79 Å². The van der Waals surface area contributed by atoms with Crippen molar-refractivity contribution in [2.24, 2.45) is 5.92 Å². The van der Waals surface area contributed by atoms with Crippen LogP contribution >= 0.6 is 11.3 Å². The smallest absolute Gasteiger partial charge is 0.317 e. The molecule has 1 aliphatic rings. The van der Waals surface area contributed by atoms with Crippen LogP contribution in [0.3, 0.4) is 0 Å². The van der Waals surface area contributed by atoms with Gasteiger partial charge < -0.3 is 19.9 Å². The quantitative estimate of drug-likeness (QED) is 0.830. The monoisotopic (exact) mass is 339 g/mol. The van der Waals surface area contributed by atoms with Gasteiger partial charge >= 0.3 is 6.03 Å². The van der Waals surface area contributed by atoms with E-state index in [1.54, 1.807) is 18.4 Å². The number of rotatable bonds is 7. The Morgan fingerprint density at radius 1 is 1.52 bits per heavy atom. The van der Waals surface area contributed by atoms with E-state index in [2.05, 4.69) is 35.6 Å². The van der Waals surface area contributed by atoms with E-state index < -0.39 is 0 Å². The van der Waals surface area contributed by atoms with Crippen LogP contribution in [-0.4, -0.2) is 62.3 Å². The summed E-state index contributed by atoms with van der Waals surface area (Å²) in [5.41, 5.74) is 1.17. The molecule has 0 aromatic carbocycles. The first-order valence-corrected chi connectivity index (χ1v) is 9.28. The maximum atomic E-state index is 12.6. The van der Waals surface area contributed by atoms with Gasteiger partial charge in [-0.1, -0.05) is 0 Å². The summed E-state index contributed by atoms with van der Waals surface area (Å²) < 4.78 is 5.15. The number of carbonyl (C=O) groups excluding carboxylic acids is 1. The van der Waals surface area contributed by atoms with Crippen LogP contribution in [0, 0.1) is 5.92 Å². The molecule has 0 bridgehead atoms. The van der Waals surface area contributed by atoms with Crippen molar-refractivity contribution in [1.29, 1.82) is 0 Å². The molecular weight excluding hydrogens is 310 g/mol. The molecule has 0 aliphatic carbocycles. The fourth-order valence-electron chi connectivity index (χ4n) is 2.99. The van der Waals surface area contributed by atoms with Crippen LogP contribution in [0.2, 0.25) is 0 Å². The van der Waals surface area contributed by atoms with Gasteiger partial charge in [0, 0.05) is 26.2 Å². The SMILES string of the molecule is COCCN(Cc1ccsc1)C(=O)N[C@@H](C)C1CCN(C)CC1. The highest BCUT2D eigenvalue weighted by molar-refractivity contribution is 7.07. The summed E-state index contributed by atoms with van der Waals surface area (Å²) in [6.07, 6.45) is 2.31. The summed E-state index contributed by atoms with van der Waals surface area (Å²) in [5, 5.41) is 7.34. The Morgan fingerprint density at radius 3 is 2.87 bits per heavy atom. The van der Waals surface area contributed by atoms with Crippen LogP contribution in [0.15, 0.2) is 16.8 Å². The lowest BCUT2D eigenvalue weighted by Crippen LogP contribution is -2.48. The van der Waals surface area contributed by atoms with Crippen LogP contribution in [-0.2, 0) is 11.3 Å². The summed E-state index contributed by atoms with van der Waals surface area (Å²) in [6, 6.07) is 2.29. The van der Waals surface area contributed by atoms with Gasteiger partial charge in [-0.25, -0.2) is 4.79 Å². The molecule has 5 nitrogen and oxygen atoms in total. The Labute approximate surface area is 143 Å². The summed E-state index contributed by atoms with van der Waals surface area (Å²) >= 11 is 1.66. The lowest BCUT2D eigenvalue weighted by atomic mass is 9.90. The summed E-state index contributed by atoms with van der Waals surface area (Å²) in [5.74, 6) is 0.570. The minimum absolute atomic E-state index is 0.0136. The zero-order valence-corrected chi connectivity index (χ0v) is 15.3. The highest BCUT2D eigenvalue weighted by atomic mass is 32.1. The number of amides is 2. The molecule has 1 aromatic heterocycles. The van der Waals surface area contributed by atoms with Gasteiger partial charge in [0.15, 0.2) is 0 Å². The first kappa shape index (κ1) is 18.2. The van der Waals surface area contributed by atoms with E-state index in [1.165, 1.54) is 5.56 Å². The van der Waals surface area contributed by atoms with Crippen LogP contribution in [0.4, 0.5) is 4.79 Å².